The predicted molar refractivity (Wildman–Crippen MR) is 73.1 cm³/mol. The van der Waals surface area contributed by atoms with Crippen LogP contribution in [0, 0.1) is 12.7 Å². The number of anilines is 1. The number of rotatable bonds is 4. The van der Waals surface area contributed by atoms with Crippen LogP contribution in [-0.4, -0.2) is 12.2 Å². The van der Waals surface area contributed by atoms with Crippen molar-refractivity contribution < 1.29 is 14.2 Å². The van der Waals surface area contributed by atoms with Gasteiger partial charge in [0.2, 0.25) is 0 Å². The predicted octanol–water partition coefficient (Wildman–Crippen LogP) is 3.46. The van der Waals surface area contributed by atoms with Crippen LogP contribution in [0.25, 0.3) is 0 Å². The highest BCUT2D eigenvalue weighted by atomic mass is 19.1. The zero-order valence-electron chi connectivity index (χ0n) is 10.9. The second-order valence-electron chi connectivity index (χ2n) is 4.34. The number of aromatic hydroxyl groups is 1. The Morgan fingerprint density at radius 3 is 2.68 bits per heavy atom. The molecule has 0 fully saturated rings. The summed E-state index contributed by atoms with van der Waals surface area (Å²) in [5.74, 6) is -0.197. The molecule has 0 spiro atoms. The molecular formula is C15H16FNO2. The van der Waals surface area contributed by atoms with Crippen LogP contribution in [0.1, 0.15) is 11.1 Å². The van der Waals surface area contributed by atoms with Crippen molar-refractivity contribution in [2.24, 2.45) is 0 Å². The maximum Gasteiger partial charge on any atom is 0.166 e. The molecule has 0 aliphatic rings. The Hall–Kier alpha value is -2.23. The van der Waals surface area contributed by atoms with Gasteiger partial charge in [-0.2, -0.15) is 0 Å². The van der Waals surface area contributed by atoms with Crippen molar-refractivity contribution in [2.75, 3.05) is 12.4 Å². The Labute approximate surface area is 111 Å². The van der Waals surface area contributed by atoms with E-state index in [0.717, 1.165) is 16.9 Å². The minimum atomic E-state index is -0.638. The first-order valence-corrected chi connectivity index (χ1v) is 5.96. The minimum absolute atomic E-state index is 0.348. The lowest BCUT2D eigenvalue weighted by atomic mass is 10.1. The van der Waals surface area contributed by atoms with Crippen LogP contribution in [0.2, 0.25) is 0 Å². The van der Waals surface area contributed by atoms with E-state index in [-0.39, 0.29) is 5.75 Å². The Morgan fingerprint density at radius 1 is 1.21 bits per heavy atom. The van der Waals surface area contributed by atoms with Crippen LogP contribution in [-0.2, 0) is 6.54 Å². The van der Waals surface area contributed by atoms with E-state index in [1.54, 1.807) is 13.2 Å². The van der Waals surface area contributed by atoms with Gasteiger partial charge in [-0.1, -0.05) is 17.7 Å². The zero-order valence-corrected chi connectivity index (χ0v) is 10.9. The molecule has 2 rings (SSSR count). The molecule has 100 valence electrons. The molecule has 0 radical (unpaired) electrons. The third kappa shape index (κ3) is 3.16. The number of methoxy groups -OCH3 is 1. The van der Waals surface area contributed by atoms with Gasteiger partial charge in [0.1, 0.15) is 5.75 Å². The highest BCUT2D eigenvalue weighted by Gasteiger charge is 2.05. The minimum Gasteiger partial charge on any atom is -0.505 e. The lowest BCUT2D eigenvalue weighted by Gasteiger charge is -2.11. The van der Waals surface area contributed by atoms with E-state index in [1.165, 1.54) is 12.1 Å². The van der Waals surface area contributed by atoms with Crippen molar-refractivity contribution in [3.63, 3.8) is 0 Å². The van der Waals surface area contributed by atoms with Crippen molar-refractivity contribution >= 4 is 5.69 Å². The average Bonchev–Trinajstić information content (AvgIpc) is 2.40. The van der Waals surface area contributed by atoms with Crippen LogP contribution >= 0.6 is 0 Å². The van der Waals surface area contributed by atoms with E-state index >= 15 is 0 Å². The summed E-state index contributed by atoms with van der Waals surface area (Å²) in [5.41, 5.74) is 2.74. The number of phenols is 1. The Morgan fingerprint density at radius 2 is 2.00 bits per heavy atom. The molecule has 2 aromatic carbocycles. The standard InChI is InChI=1S/C15H16FNO2/c1-10-3-6-15(19-2)11(7-10)9-17-12-4-5-14(18)13(16)8-12/h3-8,17-18H,9H2,1-2H3. The summed E-state index contributed by atoms with van der Waals surface area (Å²) in [6.07, 6.45) is 0. The first-order chi connectivity index (χ1) is 9.10. The number of phenolic OH excluding ortho intramolecular Hbond substituents is 1. The molecule has 0 heterocycles. The molecule has 0 atom stereocenters. The second kappa shape index (κ2) is 5.61. The summed E-state index contributed by atoms with van der Waals surface area (Å²) in [5, 5.41) is 12.2. The Kier molecular flexibility index (Phi) is 3.90. The van der Waals surface area contributed by atoms with Gasteiger partial charge in [0, 0.05) is 23.9 Å². The van der Waals surface area contributed by atoms with E-state index in [0.29, 0.717) is 12.2 Å². The fraction of sp³-hybridized carbons (Fsp3) is 0.200. The van der Waals surface area contributed by atoms with E-state index in [2.05, 4.69) is 5.32 Å². The Balaban J connectivity index is 2.13. The van der Waals surface area contributed by atoms with Gasteiger partial charge in [0.25, 0.3) is 0 Å². The fourth-order valence-electron chi connectivity index (χ4n) is 1.86. The molecule has 2 aromatic rings. The van der Waals surface area contributed by atoms with Crippen LogP contribution in [0.3, 0.4) is 0 Å². The van der Waals surface area contributed by atoms with E-state index < -0.39 is 5.82 Å². The maximum atomic E-state index is 13.2. The van der Waals surface area contributed by atoms with Gasteiger partial charge in [-0.25, -0.2) is 4.39 Å². The van der Waals surface area contributed by atoms with E-state index in [1.807, 2.05) is 25.1 Å². The van der Waals surface area contributed by atoms with Gasteiger partial charge in [-0.3, -0.25) is 0 Å². The van der Waals surface area contributed by atoms with E-state index in [4.69, 9.17) is 9.84 Å². The van der Waals surface area contributed by atoms with Gasteiger partial charge < -0.3 is 15.2 Å². The largest absolute Gasteiger partial charge is 0.505 e. The highest BCUT2D eigenvalue weighted by molar-refractivity contribution is 5.48. The van der Waals surface area contributed by atoms with Gasteiger partial charge >= 0.3 is 0 Å². The molecule has 4 heteroatoms. The quantitative estimate of drug-likeness (QED) is 0.828. The summed E-state index contributed by atoms with van der Waals surface area (Å²) in [7, 11) is 1.62. The fourth-order valence-corrected chi connectivity index (χ4v) is 1.86. The molecule has 0 aromatic heterocycles. The molecule has 0 saturated carbocycles. The number of benzene rings is 2. The molecule has 0 amide bonds. The molecule has 0 unspecified atom stereocenters. The molecular weight excluding hydrogens is 245 g/mol. The van der Waals surface area contributed by atoms with Gasteiger partial charge in [0.05, 0.1) is 7.11 Å². The summed E-state index contributed by atoms with van der Waals surface area (Å²) >= 11 is 0. The molecule has 19 heavy (non-hydrogen) atoms. The number of nitrogens with one attached hydrogen (secondary N) is 1. The molecule has 0 aliphatic heterocycles. The molecule has 2 N–H and O–H groups in total. The number of ether oxygens (including phenoxy) is 1. The van der Waals surface area contributed by atoms with Crippen LogP contribution in [0.5, 0.6) is 11.5 Å². The SMILES string of the molecule is COc1ccc(C)cc1CNc1ccc(O)c(F)c1. The summed E-state index contributed by atoms with van der Waals surface area (Å²) in [4.78, 5) is 0. The first-order valence-electron chi connectivity index (χ1n) is 5.96. The monoisotopic (exact) mass is 261 g/mol. The molecule has 3 nitrogen and oxygen atoms in total. The summed E-state index contributed by atoms with van der Waals surface area (Å²) in [6, 6.07) is 10.1. The molecule has 0 saturated heterocycles. The van der Waals surface area contributed by atoms with Crippen molar-refractivity contribution in [1.82, 2.24) is 0 Å². The summed E-state index contributed by atoms with van der Waals surface area (Å²) < 4.78 is 18.5. The number of aryl methyl sites for hydroxylation is 1. The highest BCUT2D eigenvalue weighted by Crippen LogP contribution is 2.23. The Bertz CT molecular complexity index is 584. The van der Waals surface area contributed by atoms with Crippen molar-refractivity contribution in [3.8, 4) is 11.5 Å². The smallest absolute Gasteiger partial charge is 0.166 e. The van der Waals surface area contributed by atoms with Crippen LogP contribution < -0.4 is 10.1 Å². The normalized spacial score (nSPS) is 10.3. The van der Waals surface area contributed by atoms with Crippen molar-refractivity contribution in [3.05, 3.63) is 53.3 Å². The van der Waals surface area contributed by atoms with E-state index in [9.17, 15) is 4.39 Å². The maximum absolute atomic E-state index is 13.2. The topological polar surface area (TPSA) is 41.5 Å². The summed E-state index contributed by atoms with van der Waals surface area (Å²) in [6.45, 7) is 2.53. The average molecular weight is 261 g/mol. The second-order valence-corrected chi connectivity index (χ2v) is 4.34. The van der Waals surface area contributed by atoms with Gasteiger partial charge in [-0.15, -0.1) is 0 Å². The van der Waals surface area contributed by atoms with Crippen molar-refractivity contribution in [2.45, 2.75) is 13.5 Å². The lowest BCUT2D eigenvalue weighted by Crippen LogP contribution is -2.02. The van der Waals surface area contributed by atoms with Crippen LogP contribution in [0.4, 0.5) is 10.1 Å². The molecule has 0 aliphatic carbocycles. The zero-order chi connectivity index (χ0) is 13.8. The number of halogens is 1. The molecule has 0 bridgehead atoms. The van der Waals surface area contributed by atoms with Gasteiger partial charge in [-0.05, 0) is 25.1 Å². The van der Waals surface area contributed by atoms with Crippen molar-refractivity contribution in [1.29, 1.82) is 0 Å². The van der Waals surface area contributed by atoms with Gasteiger partial charge in [0.15, 0.2) is 11.6 Å². The number of hydrogen-bond acceptors (Lipinski definition) is 3. The third-order valence-corrected chi connectivity index (χ3v) is 2.87. The van der Waals surface area contributed by atoms with Crippen LogP contribution in [0.15, 0.2) is 36.4 Å². The lowest BCUT2D eigenvalue weighted by molar-refractivity contribution is 0.410. The third-order valence-electron chi connectivity index (χ3n) is 2.87. The number of hydrogen-bond donors (Lipinski definition) is 2. The first kappa shape index (κ1) is 13.2.